The smallest absolute Gasteiger partial charge is 0.0945 e. The highest BCUT2D eigenvalue weighted by Gasteiger charge is 2.20. The number of hydrogen-bond acceptors (Lipinski definition) is 2. The Morgan fingerprint density at radius 2 is 2.33 bits per heavy atom. The van der Waals surface area contributed by atoms with Crippen LogP contribution in [0.4, 0.5) is 0 Å². The molecule has 1 unspecified atom stereocenters. The standard InChI is InChI=1S/C11H18ClN3/c12-8-11-2-6-14(9-11)4-1-5-15-7-3-13-10-15/h3,7,10-11H,1-2,4-6,8-9H2. The van der Waals surface area contributed by atoms with Crippen molar-refractivity contribution in [2.45, 2.75) is 19.4 Å². The summed E-state index contributed by atoms with van der Waals surface area (Å²) in [6, 6.07) is 0. The Morgan fingerprint density at radius 1 is 1.40 bits per heavy atom. The van der Waals surface area contributed by atoms with E-state index in [0.717, 1.165) is 18.3 Å². The quantitative estimate of drug-likeness (QED) is 0.716. The third kappa shape index (κ3) is 3.21. The van der Waals surface area contributed by atoms with E-state index in [2.05, 4.69) is 14.5 Å². The summed E-state index contributed by atoms with van der Waals surface area (Å²) >= 11 is 5.85. The molecule has 1 aliphatic rings. The Morgan fingerprint density at radius 3 is 3.00 bits per heavy atom. The normalized spacial score (nSPS) is 22.3. The molecular formula is C11H18ClN3. The lowest BCUT2D eigenvalue weighted by Crippen LogP contribution is -2.23. The van der Waals surface area contributed by atoms with Crippen molar-refractivity contribution in [1.29, 1.82) is 0 Å². The summed E-state index contributed by atoms with van der Waals surface area (Å²) in [6.45, 7) is 4.67. The fraction of sp³-hybridized carbons (Fsp3) is 0.727. The monoisotopic (exact) mass is 227 g/mol. The number of hydrogen-bond donors (Lipinski definition) is 0. The Labute approximate surface area is 96.0 Å². The van der Waals surface area contributed by atoms with Crippen LogP contribution < -0.4 is 0 Å². The molecule has 2 heterocycles. The number of nitrogens with zero attached hydrogens (tertiary/aromatic N) is 3. The number of likely N-dealkylation sites (tertiary alicyclic amines) is 1. The average Bonchev–Trinajstić information content (AvgIpc) is 2.88. The summed E-state index contributed by atoms with van der Waals surface area (Å²) in [5, 5.41) is 0. The van der Waals surface area contributed by atoms with E-state index in [0.29, 0.717) is 0 Å². The van der Waals surface area contributed by atoms with E-state index in [-0.39, 0.29) is 0 Å². The lowest BCUT2D eigenvalue weighted by molar-refractivity contribution is 0.316. The fourth-order valence-electron chi connectivity index (χ4n) is 2.14. The maximum atomic E-state index is 5.85. The zero-order chi connectivity index (χ0) is 10.5. The van der Waals surface area contributed by atoms with E-state index >= 15 is 0 Å². The van der Waals surface area contributed by atoms with Crippen LogP contribution in [0, 0.1) is 5.92 Å². The highest BCUT2D eigenvalue weighted by atomic mass is 35.5. The molecule has 0 amide bonds. The van der Waals surface area contributed by atoms with E-state index < -0.39 is 0 Å². The zero-order valence-corrected chi connectivity index (χ0v) is 9.73. The van der Waals surface area contributed by atoms with Crippen molar-refractivity contribution in [3.8, 4) is 0 Å². The Kier molecular flexibility index (Phi) is 4.03. The van der Waals surface area contributed by atoms with Gasteiger partial charge in [-0.1, -0.05) is 0 Å². The molecular weight excluding hydrogens is 210 g/mol. The first kappa shape index (κ1) is 11.0. The van der Waals surface area contributed by atoms with E-state index in [1.807, 2.05) is 18.7 Å². The van der Waals surface area contributed by atoms with Crippen LogP contribution in [0.15, 0.2) is 18.7 Å². The van der Waals surface area contributed by atoms with Gasteiger partial charge in [0.05, 0.1) is 6.33 Å². The van der Waals surface area contributed by atoms with Crippen molar-refractivity contribution in [1.82, 2.24) is 14.5 Å². The van der Waals surface area contributed by atoms with E-state index in [4.69, 9.17) is 11.6 Å². The van der Waals surface area contributed by atoms with Gasteiger partial charge in [0.1, 0.15) is 0 Å². The van der Waals surface area contributed by atoms with Crippen LogP contribution in [0.3, 0.4) is 0 Å². The van der Waals surface area contributed by atoms with E-state index in [1.165, 1.54) is 32.5 Å². The minimum Gasteiger partial charge on any atom is -0.337 e. The van der Waals surface area contributed by atoms with Gasteiger partial charge in [0, 0.05) is 31.4 Å². The summed E-state index contributed by atoms with van der Waals surface area (Å²) in [4.78, 5) is 6.55. The molecule has 0 bridgehead atoms. The van der Waals surface area contributed by atoms with Crippen LogP contribution in [-0.4, -0.2) is 40.0 Å². The van der Waals surface area contributed by atoms with E-state index in [1.54, 1.807) is 0 Å². The molecule has 1 aromatic heterocycles. The second-order valence-electron chi connectivity index (χ2n) is 4.26. The van der Waals surface area contributed by atoms with Crippen molar-refractivity contribution >= 4 is 11.6 Å². The number of aromatic nitrogens is 2. The maximum Gasteiger partial charge on any atom is 0.0945 e. The van der Waals surface area contributed by atoms with Crippen LogP contribution in [0.5, 0.6) is 0 Å². The third-order valence-electron chi connectivity index (χ3n) is 3.04. The molecule has 84 valence electrons. The van der Waals surface area contributed by atoms with Crippen molar-refractivity contribution in [2.24, 2.45) is 5.92 Å². The van der Waals surface area contributed by atoms with Crippen LogP contribution in [-0.2, 0) is 6.54 Å². The van der Waals surface area contributed by atoms with Crippen LogP contribution in [0.2, 0.25) is 0 Å². The lowest BCUT2D eigenvalue weighted by Gasteiger charge is -2.15. The highest BCUT2D eigenvalue weighted by Crippen LogP contribution is 2.17. The van der Waals surface area contributed by atoms with Crippen LogP contribution in [0.1, 0.15) is 12.8 Å². The summed E-state index contributed by atoms with van der Waals surface area (Å²) in [5.74, 6) is 1.54. The SMILES string of the molecule is ClCC1CCN(CCCn2ccnc2)C1. The molecule has 1 atom stereocenters. The maximum absolute atomic E-state index is 5.85. The largest absolute Gasteiger partial charge is 0.337 e. The van der Waals surface area contributed by atoms with Gasteiger partial charge in [-0.15, -0.1) is 11.6 Å². The van der Waals surface area contributed by atoms with Gasteiger partial charge in [-0.25, -0.2) is 4.98 Å². The molecule has 1 fully saturated rings. The third-order valence-corrected chi connectivity index (χ3v) is 3.47. The van der Waals surface area contributed by atoms with Crippen LogP contribution in [0.25, 0.3) is 0 Å². The van der Waals surface area contributed by atoms with Crippen LogP contribution >= 0.6 is 11.6 Å². The Hall–Kier alpha value is -0.540. The van der Waals surface area contributed by atoms with Gasteiger partial charge in [0.15, 0.2) is 0 Å². The van der Waals surface area contributed by atoms with Gasteiger partial charge in [-0.2, -0.15) is 0 Å². The Balaban J connectivity index is 1.63. The molecule has 4 heteroatoms. The second-order valence-corrected chi connectivity index (χ2v) is 4.57. The lowest BCUT2D eigenvalue weighted by atomic mass is 10.2. The summed E-state index contributed by atoms with van der Waals surface area (Å²) < 4.78 is 2.13. The van der Waals surface area contributed by atoms with Gasteiger partial charge in [0.25, 0.3) is 0 Å². The number of imidazole rings is 1. The molecule has 0 radical (unpaired) electrons. The molecule has 1 aliphatic heterocycles. The first-order valence-electron chi connectivity index (χ1n) is 5.62. The molecule has 2 rings (SSSR count). The first-order chi connectivity index (χ1) is 7.38. The predicted molar refractivity (Wildman–Crippen MR) is 62.1 cm³/mol. The summed E-state index contributed by atoms with van der Waals surface area (Å²) in [5.41, 5.74) is 0. The minimum atomic E-state index is 0.722. The average molecular weight is 228 g/mol. The van der Waals surface area contributed by atoms with Gasteiger partial charge in [0.2, 0.25) is 0 Å². The van der Waals surface area contributed by atoms with Crippen molar-refractivity contribution in [3.05, 3.63) is 18.7 Å². The van der Waals surface area contributed by atoms with Gasteiger partial charge in [-0.05, 0) is 31.8 Å². The molecule has 15 heavy (non-hydrogen) atoms. The minimum absolute atomic E-state index is 0.722. The van der Waals surface area contributed by atoms with Gasteiger partial charge < -0.3 is 9.47 Å². The van der Waals surface area contributed by atoms with E-state index in [9.17, 15) is 0 Å². The molecule has 0 aromatic carbocycles. The topological polar surface area (TPSA) is 21.1 Å². The highest BCUT2D eigenvalue weighted by molar-refractivity contribution is 6.18. The molecule has 0 saturated carbocycles. The molecule has 1 aromatic rings. The molecule has 0 N–H and O–H groups in total. The number of halogens is 1. The molecule has 3 nitrogen and oxygen atoms in total. The van der Waals surface area contributed by atoms with Crippen molar-refractivity contribution < 1.29 is 0 Å². The molecule has 0 spiro atoms. The number of alkyl halides is 1. The summed E-state index contributed by atoms with van der Waals surface area (Å²) in [7, 11) is 0. The second kappa shape index (κ2) is 5.52. The summed E-state index contributed by atoms with van der Waals surface area (Å²) in [6.07, 6.45) is 8.20. The van der Waals surface area contributed by atoms with Crippen molar-refractivity contribution in [2.75, 3.05) is 25.5 Å². The fourth-order valence-corrected chi connectivity index (χ4v) is 2.39. The first-order valence-corrected chi connectivity index (χ1v) is 6.16. The van der Waals surface area contributed by atoms with Gasteiger partial charge >= 0.3 is 0 Å². The number of aryl methyl sites for hydroxylation is 1. The Bertz CT molecular complexity index is 273. The molecule has 1 saturated heterocycles. The molecule has 0 aliphatic carbocycles. The number of rotatable bonds is 5. The van der Waals surface area contributed by atoms with Gasteiger partial charge in [-0.3, -0.25) is 0 Å². The predicted octanol–water partition coefficient (Wildman–Crippen LogP) is 1.83. The zero-order valence-electron chi connectivity index (χ0n) is 8.98. The van der Waals surface area contributed by atoms with Crippen molar-refractivity contribution in [3.63, 3.8) is 0 Å².